The second-order valence-corrected chi connectivity index (χ2v) is 8.84. The largest absolute Gasteiger partial charge is 0.490 e. The maximum absolute atomic E-state index is 12.6. The molecule has 2 amide bonds. The van der Waals surface area contributed by atoms with Gasteiger partial charge in [0.1, 0.15) is 0 Å². The number of carbonyl (C=O) groups excluding carboxylic acids is 2. The molecule has 3 rings (SSSR count). The Hall–Kier alpha value is -2.82. The predicted molar refractivity (Wildman–Crippen MR) is 127 cm³/mol. The van der Waals surface area contributed by atoms with Crippen molar-refractivity contribution >= 4 is 57.3 Å². The standard InChI is InChI=1S/C21H21ClN4O4S2/c1-3-29-16-9-8-13(10-17(16)30-4-2)19(28)24-20-25-26-21(32-20)31-12-18(27)23-15-7-5-6-14(22)11-15/h5-11H,3-4,12H2,1-2H3,(H,23,27)(H,24,25,28). The second-order valence-electron chi connectivity index (χ2n) is 6.20. The normalized spacial score (nSPS) is 10.5. The molecular weight excluding hydrogens is 472 g/mol. The molecule has 0 spiro atoms. The molecule has 3 aromatic rings. The van der Waals surface area contributed by atoms with E-state index in [1.807, 2.05) is 13.8 Å². The van der Waals surface area contributed by atoms with Gasteiger partial charge in [0.2, 0.25) is 11.0 Å². The number of hydrogen-bond acceptors (Lipinski definition) is 8. The number of nitrogens with one attached hydrogen (secondary N) is 2. The molecule has 0 aliphatic carbocycles. The van der Waals surface area contributed by atoms with Crippen molar-refractivity contribution in [2.75, 3.05) is 29.6 Å². The van der Waals surface area contributed by atoms with Crippen molar-refractivity contribution in [2.24, 2.45) is 0 Å². The Kier molecular flexibility index (Phi) is 8.72. The number of thioether (sulfide) groups is 1. The predicted octanol–water partition coefficient (Wildman–Crippen LogP) is 4.97. The Bertz CT molecular complexity index is 1090. The smallest absolute Gasteiger partial charge is 0.257 e. The summed E-state index contributed by atoms with van der Waals surface area (Å²) in [6.07, 6.45) is 0. The van der Waals surface area contributed by atoms with Gasteiger partial charge in [0, 0.05) is 16.3 Å². The minimum Gasteiger partial charge on any atom is -0.490 e. The van der Waals surface area contributed by atoms with Crippen LogP contribution in [-0.2, 0) is 4.79 Å². The molecule has 1 aromatic heterocycles. The van der Waals surface area contributed by atoms with Crippen molar-refractivity contribution in [3.63, 3.8) is 0 Å². The number of benzene rings is 2. The van der Waals surface area contributed by atoms with Crippen LogP contribution in [0.2, 0.25) is 5.02 Å². The Morgan fingerprint density at radius 3 is 2.56 bits per heavy atom. The number of carbonyl (C=O) groups is 2. The van der Waals surface area contributed by atoms with Gasteiger partial charge in [-0.3, -0.25) is 14.9 Å². The van der Waals surface area contributed by atoms with Crippen LogP contribution in [0.3, 0.4) is 0 Å². The molecule has 0 unspecified atom stereocenters. The molecule has 168 valence electrons. The van der Waals surface area contributed by atoms with Gasteiger partial charge in [0.15, 0.2) is 15.8 Å². The quantitative estimate of drug-likeness (QED) is 0.304. The topological polar surface area (TPSA) is 102 Å². The number of aromatic nitrogens is 2. The molecule has 0 radical (unpaired) electrons. The Morgan fingerprint density at radius 2 is 1.81 bits per heavy atom. The monoisotopic (exact) mass is 492 g/mol. The van der Waals surface area contributed by atoms with Crippen molar-refractivity contribution in [1.82, 2.24) is 10.2 Å². The molecule has 0 bridgehead atoms. The molecule has 2 N–H and O–H groups in total. The van der Waals surface area contributed by atoms with Gasteiger partial charge in [-0.15, -0.1) is 10.2 Å². The van der Waals surface area contributed by atoms with E-state index in [0.717, 1.165) is 0 Å². The average molecular weight is 493 g/mol. The number of rotatable bonds is 10. The molecule has 0 atom stereocenters. The fourth-order valence-electron chi connectivity index (χ4n) is 2.57. The third-order valence-corrected chi connectivity index (χ3v) is 6.07. The number of nitrogens with zero attached hydrogens (tertiary/aromatic N) is 2. The summed E-state index contributed by atoms with van der Waals surface area (Å²) in [7, 11) is 0. The zero-order valence-electron chi connectivity index (χ0n) is 17.4. The number of ether oxygens (including phenoxy) is 2. The van der Waals surface area contributed by atoms with Crippen LogP contribution < -0.4 is 20.1 Å². The molecular formula is C21H21ClN4O4S2. The molecule has 0 aliphatic heterocycles. The number of amides is 2. The van der Waals surface area contributed by atoms with Crippen molar-refractivity contribution in [3.05, 3.63) is 53.1 Å². The van der Waals surface area contributed by atoms with Gasteiger partial charge >= 0.3 is 0 Å². The first-order valence-corrected chi connectivity index (χ1v) is 11.9. The van der Waals surface area contributed by atoms with E-state index >= 15 is 0 Å². The SMILES string of the molecule is CCOc1ccc(C(=O)Nc2nnc(SCC(=O)Nc3cccc(Cl)c3)s2)cc1OCC. The number of anilines is 2. The highest BCUT2D eigenvalue weighted by atomic mass is 35.5. The maximum atomic E-state index is 12.6. The van der Waals surface area contributed by atoms with Gasteiger partial charge in [-0.25, -0.2) is 0 Å². The summed E-state index contributed by atoms with van der Waals surface area (Å²) in [4.78, 5) is 24.7. The molecule has 0 saturated carbocycles. The van der Waals surface area contributed by atoms with Crippen LogP contribution in [0.5, 0.6) is 11.5 Å². The van der Waals surface area contributed by atoms with Crippen LogP contribution >= 0.6 is 34.7 Å². The third kappa shape index (κ3) is 6.84. The van der Waals surface area contributed by atoms with E-state index < -0.39 is 0 Å². The van der Waals surface area contributed by atoms with E-state index in [-0.39, 0.29) is 17.6 Å². The Balaban J connectivity index is 1.55. The highest BCUT2D eigenvalue weighted by Gasteiger charge is 2.15. The minimum atomic E-state index is -0.347. The van der Waals surface area contributed by atoms with E-state index in [2.05, 4.69) is 20.8 Å². The lowest BCUT2D eigenvalue weighted by molar-refractivity contribution is -0.113. The van der Waals surface area contributed by atoms with Gasteiger partial charge in [-0.1, -0.05) is 40.8 Å². The molecule has 0 saturated heterocycles. The van der Waals surface area contributed by atoms with Crippen LogP contribution in [-0.4, -0.2) is 41.0 Å². The van der Waals surface area contributed by atoms with Gasteiger partial charge in [-0.2, -0.15) is 0 Å². The van der Waals surface area contributed by atoms with Crippen LogP contribution in [0.4, 0.5) is 10.8 Å². The zero-order valence-corrected chi connectivity index (χ0v) is 19.8. The van der Waals surface area contributed by atoms with E-state index in [4.69, 9.17) is 21.1 Å². The lowest BCUT2D eigenvalue weighted by Crippen LogP contribution is -2.13. The lowest BCUT2D eigenvalue weighted by Gasteiger charge is -2.12. The zero-order chi connectivity index (χ0) is 22.9. The van der Waals surface area contributed by atoms with E-state index in [9.17, 15) is 9.59 Å². The van der Waals surface area contributed by atoms with Crippen molar-refractivity contribution in [3.8, 4) is 11.5 Å². The second kappa shape index (κ2) is 11.7. The Labute approximate surface area is 198 Å². The molecule has 0 aliphatic rings. The van der Waals surface area contributed by atoms with Crippen LogP contribution in [0, 0.1) is 0 Å². The van der Waals surface area contributed by atoms with Crippen molar-refractivity contribution < 1.29 is 19.1 Å². The number of halogens is 1. The Morgan fingerprint density at radius 1 is 1.03 bits per heavy atom. The fraction of sp³-hybridized carbons (Fsp3) is 0.238. The van der Waals surface area contributed by atoms with E-state index in [1.165, 1.54) is 23.1 Å². The van der Waals surface area contributed by atoms with Crippen LogP contribution in [0.25, 0.3) is 0 Å². The average Bonchev–Trinajstić information content (AvgIpc) is 3.21. The first-order valence-electron chi connectivity index (χ1n) is 9.71. The summed E-state index contributed by atoms with van der Waals surface area (Å²) < 4.78 is 11.6. The van der Waals surface area contributed by atoms with Gasteiger partial charge in [0.05, 0.1) is 19.0 Å². The third-order valence-electron chi connectivity index (χ3n) is 3.87. The molecule has 0 fully saturated rings. The highest BCUT2D eigenvalue weighted by Crippen LogP contribution is 2.30. The first kappa shape index (κ1) is 23.8. The van der Waals surface area contributed by atoms with Crippen molar-refractivity contribution in [1.29, 1.82) is 0 Å². The molecule has 32 heavy (non-hydrogen) atoms. The van der Waals surface area contributed by atoms with Crippen LogP contribution in [0.1, 0.15) is 24.2 Å². The van der Waals surface area contributed by atoms with Gasteiger partial charge < -0.3 is 14.8 Å². The summed E-state index contributed by atoms with van der Waals surface area (Å²) in [6, 6.07) is 11.9. The van der Waals surface area contributed by atoms with E-state index in [0.29, 0.717) is 50.5 Å². The molecule has 1 heterocycles. The molecule has 11 heteroatoms. The summed E-state index contributed by atoms with van der Waals surface area (Å²) in [6.45, 7) is 4.68. The van der Waals surface area contributed by atoms with Gasteiger partial charge in [-0.05, 0) is 50.2 Å². The minimum absolute atomic E-state index is 0.145. The van der Waals surface area contributed by atoms with E-state index in [1.54, 1.807) is 42.5 Å². The maximum Gasteiger partial charge on any atom is 0.257 e. The molecule has 8 nitrogen and oxygen atoms in total. The fourth-order valence-corrected chi connectivity index (χ4v) is 4.31. The first-order chi connectivity index (χ1) is 15.5. The van der Waals surface area contributed by atoms with Crippen molar-refractivity contribution in [2.45, 2.75) is 18.2 Å². The number of hydrogen-bond donors (Lipinski definition) is 2. The molecule has 2 aromatic carbocycles. The summed E-state index contributed by atoms with van der Waals surface area (Å²) in [5.41, 5.74) is 1.03. The van der Waals surface area contributed by atoms with Gasteiger partial charge in [0.25, 0.3) is 5.91 Å². The van der Waals surface area contributed by atoms with Crippen LogP contribution in [0.15, 0.2) is 46.8 Å². The summed E-state index contributed by atoms with van der Waals surface area (Å²) in [5.74, 6) is 0.681. The lowest BCUT2D eigenvalue weighted by atomic mass is 10.2. The highest BCUT2D eigenvalue weighted by molar-refractivity contribution is 8.01. The summed E-state index contributed by atoms with van der Waals surface area (Å²) in [5, 5.41) is 14.3. The summed E-state index contributed by atoms with van der Waals surface area (Å²) >= 11 is 8.32.